The van der Waals surface area contributed by atoms with Crippen LogP contribution in [0.4, 0.5) is 10.1 Å². The number of nitrogens with zero attached hydrogens (tertiary/aromatic N) is 2. The molecular formula is C18H20FN3O3. The molecule has 0 radical (unpaired) electrons. The maximum absolute atomic E-state index is 12.9. The summed E-state index contributed by atoms with van der Waals surface area (Å²) in [4.78, 5) is 28.1. The highest BCUT2D eigenvalue weighted by Crippen LogP contribution is 2.12. The van der Waals surface area contributed by atoms with Crippen LogP contribution in [-0.4, -0.2) is 54.3 Å². The van der Waals surface area contributed by atoms with E-state index in [0.29, 0.717) is 43.4 Å². The van der Waals surface area contributed by atoms with E-state index in [1.54, 1.807) is 24.0 Å². The molecule has 0 aliphatic carbocycles. The molecule has 2 amide bonds. The number of halogens is 1. The maximum atomic E-state index is 12.9. The van der Waals surface area contributed by atoms with Gasteiger partial charge in [-0.2, -0.15) is 0 Å². The molecule has 1 N–H and O–H groups in total. The molecule has 3 rings (SSSR count). The lowest BCUT2D eigenvalue weighted by Crippen LogP contribution is -2.50. The van der Waals surface area contributed by atoms with Crippen LogP contribution in [0.15, 0.2) is 40.8 Å². The summed E-state index contributed by atoms with van der Waals surface area (Å²) >= 11 is 0. The summed E-state index contributed by atoms with van der Waals surface area (Å²) in [6.45, 7) is 4.35. The molecule has 6 nitrogen and oxygen atoms in total. The fourth-order valence-corrected chi connectivity index (χ4v) is 2.75. The molecule has 0 unspecified atom stereocenters. The van der Waals surface area contributed by atoms with E-state index in [4.69, 9.17) is 4.42 Å². The van der Waals surface area contributed by atoms with E-state index in [1.807, 2.05) is 4.90 Å². The standard InChI is InChI=1S/C18H20FN3O3/c1-13-2-7-16(25-13)18(24)22-10-8-21(9-11-22)12-17(23)20-15-5-3-14(19)4-6-15/h2-7H,8-12H2,1H3,(H,20,23). The van der Waals surface area contributed by atoms with Crippen molar-refractivity contribution in [3.63, 3.8) is 0 Å². The third kappa shape index (κ3) is 4.45. The first-order valence-electron chi connectivity index (χ1n) is 8.15. The van der Waals surface area contributed by atoms with Crippen LogP contribution >= 0.6 is 0 Å². The van der Waals surface area contributed by atoms with Gasteiger partial charge in [0.25, 0.3) is 5.91 Å². The minimum atomic E-state index is -0.342. The maximum Gasteiger partial charge on any atom is 0.289 e. The van der Waals surface area contributed by atoms with E-state index >= 15 is 0 Å². The summed E-state index contributed by atoms with van der Waals surface area (Å²) in [7, 11) is 0. The van der Waals surface area contributed by atoms with Crippen molar-refractivity contribution in [3.8, 4) is 0 Å². The second-order valence-corrected chi connectivity index (χ2v) is 6.03. The van der Waals surface area contributed by atoms with E-state index in [0.717, 1.165) is 0 Å². The predicted octanol–water partition coefficient (Wildman–Crippen LogP) is 2.12. The Kier molecular flexibility index (Phi) is 5.14. The van der Waals surface area contributed by atoms with Gasteiger partial charge in [0, 0.05) is 31.9 Å². The van der Waals surface area contributed by atoms with Gasteiger partial charge in [0.1, 0.15) is 11.6 Å². The Morgan fingerprint density at radius 3 is 2.36 bits per heavy atom. The Balaban J connectivity index is 1.46. The van der Waals surface area contributed by atoms with E-state index in [9.17, 15) is 14.0 Å². The van der Waals surface area contributed by atoms with Crippen molar-refractivity contribution in [3.05, 3.63) is 53.7 Å². The van der Waals surface area contributed by atoms with Gasteiger partial charge < -0.3 is 14.6 Å². The predicted molar refractivity (Wildman–Crippen MR) is 90.8 cm³/mol. The molecule has 1 saturated heterocycles. The number of piperazine rings is 1. The summed E-state index contributed by atoms with van der Waals surface area (Å²) in [5.74, 6) is 0.432. The summed E-state index contributed by atoms with van der Waals surface area (Å²) in [5, 5.41) is 2.74. The van der Waals surface area contributed by atoms with E-state index in [2.05, 4.69) is 5.32 Å². The molecule has 1 fully saturated rings. The van der Waals surface area contributed by atoms with Gasteiger partial charge >= 0.3 is 0 Å². The highest BCUT2D eigenvalue weighted by atomic mass is 19.1. The van der Waals surface area contributed by atoms with E-state index < -0.39 is 0 Å². The van der Waals surface area contributed by atoms with Crippen LogP contribution in [0.5, 0.6) is 0 Å². The number of carbonyl (C=O) groups is 2. The van der Waals surface area contributed by atoms with Gasteiger partial charge in [-0.25, -0.2) is 4.39 Å². The van der Waals surface area contributed by atoms with Gasteiger partial charge in [-0.1, -0.05) is 0 Å². The fourth-order valence-electron chi connectivity index (χ4n) is 2.75. The first-order valence-corrected chi connectivity index (χ1v) is 8.15. The highest BCUT2D eigenvalue weighted by molar-refractivity contribution is 5.92. The summed E-state index contributed by atoms with van der Waals surface area (Å²) in [6, 6.07) is 9.10. The van der Waals surface area contributed by atoms with Crippen LogP contribution in [0.2, 0.25) is 0 Å². The largest absolute Gasteiger partial charge is 0.456 e. The lowest BCUT2D eigenvalue weighted by Gasteiger charge is -2.33. The molecule has 25 heavy (non-hydrogen) atoms. The quantitative estimate of drug-likeness (QED) is 0.922. The zero-order valence-corrected chi connectivity index (χ0v) is 14.0. The van der Waals surface area contributed by atoms with Crippen molar-refractivity contribution in [1.82, 2.24) is 9.80 Å². The average molecular weight is 345 g/mol. The summed E-state index contributed by atoms with van der Waals surface area (Å²) in [6.07, 6.45) is 0. The molecular weight excluding hydrogens is 325 g/mol. The first kappa shape index (κ1) is 17.2. The third-order valence-electron chi connectivity index (χ3n) is 4.11. The van der Waals surface area contributed by atoms with Gasteiger partial charge in [0.05, 0.1) is 6.54 Å². The second kappa shape index (κ2) is 7.48. The molecule has 0 atom stereocenters. The molecule has 7 heteroatoms. The Bertz CT molecular complexity index is 749. The van der Waals surface area contributed by atoms with Crippen LogP contribution in [-0.2, 0) is 4.79 Å². The normalized spacial score (nSPS) is 15.2. The van der Waals surface area contributed by atoms with Crippen molar-refractivity contribution >= 4 is 17.5 Å². The topological polar surface area (TPSA) is 65.8 Å². The number of nitrogens with one attached hydrogen (secondary N) is 1. The smallest absolute Gasteiger partial charge is 0.289 e. The second-order valence-electron chi connectivity index (χ2n) is 6.03. The number of anilines is 1. The number of aryl methyl sites for hydroxylation is 1. The molecule has 0 bridgehead atoms. The minimum absolute atomic E-state index is 0.122. The van der Waals surface area contributed by atoms with Crippen molar-refractivity contribution in [2.24, 2.45) is 0 Å². The molecule has 0 saturated carbocycles. The average Bonchev–Trinajstić information content (AvgIpc) is 3.03. The van der Waals surface area contributed by atoms with Gasteiger partial charge in [0.15, 0.2) is 5.76 Å². The molecule has 0 spiro atoms. The van der Waals surface area contributed by atoms with Gasteiger partial charge in [-0.15, -0.1) is 0 Å². The molecule has 1 aliphatic heterocycles. The number of benzene rings is 1. The number of rotatable bonds is 4. The number of furan rings is 1. The number of hydrogen-bond acceptors (Lipinski definition) is 4. The lowest BCUT2D eigenvalue weighted by molar-refractivity contribution is -0.117. The Hall–Kier alpha value is -2.67. The summed E-state index contributed by atoms with van der Waals surface area (Å²) in [5.41, 5.74) is 0.563. The highest BCUT2D eigenvalue weighted by Gasteiger charge is 2.24. The van der Waals surface area contributed by atoms with Crippen LogP contribution in [0.1, 0.15) is 16.3 Å². The molecule has 1 aromatic carbocycles. The van der Waals surface area contributed by atoms with Gasteiger partial charge in [0.2, 0.25) is 5.91 Å². The zero-order chi connectivity index (χ0) is 17.8. The van der Waals surface area contributed by atoms with Gasteiger partial charge in [-0.05, 0) is 43.3 Å². The van der Waals surface area contributed by atoms with Crippen LogP contribution in [0.25, 0.3) is 0 Å². The zero-order valence-electron chi connectivity index (χ0n) is 14.0. The molecule has 1 aromatic heterocycles. The van der Waals surface area contributed by atoms with E-state index in [-0.39, 0.29) is 24.2 Å². The third-order valence-corrected chi connectivity index (χ3v) is 4.11. The minimum Gasteiger partial charge on any atom is -0.456 e. The molecule has 2 aromatic rings. The van der Waals surface area contributed by atoms with Crippen molar-refractivity contribution < 1.29 is 18.4 Å². The fraction of sp³-hybridized carbons (Fsp3) is 0.333. The van der Waals surface area contributed by atoms with Crippen LogP contribution in [0, 0.1) is 12.7 Å². The Morgan fingerprint density at radius 1 is 1.08 bits per heavy atom. The van der Waals surface area contributed by atoms with Crippen LogP contribution in [0.3, 0.4) is 0 Å². The number of carbonyl (C=O) groups excluding carboxylic acids is 2. The summed E-state index contributed by atoms with van der Waals surface area (Å²) < 4.78 is 18.2. The van der Waals surface area contributed by atoms with E-state index in [1.165, 1.54) is 24.3 Å². The number of amides is 2. The van der Waals surface area contributed by atoms with Crippen molar-refractivity contribution in [1.29, 1.82) is 0 Å². The number of hydrogen-bond donors (Lipinski definition) is 1. The van der Waals surface area contributed by atoms with Crippen LogP contribution < -0.4 is 5.32 Å². The van der Waals surface area contributed by atoms with Gasteiger partial charge in [-0.3, -0.25) is 14.5 Å². The SMILES string of the molecule is Cc1ccc(C(=O)N2CCN(CC(=O)Nc3ccc(F)cc3)CC2)o1. The molecule has 132 valence electrons. The lowest BCUT2D eigenvalue weighted by atomic mass is 10.2. The first-order chi connectivity index (χ1) is 12.0. The van der Waals surface area contributed by atoms with Crippen molar-refractivity contribution in [2.75, 3.05) is 38.0 Å². The molecule has 1 aliphatic rings. The Morgan fingerprint density at radius 2 is 1.76 bits per heavy atom. The van der Waals surface area contributed by atoms with Crippen molar-refractivity contribution in [2.45, 2.75) is 6.92 Å². The monoisotopic (exact) mass is 345 g/mol. The molecule has 2 heterocycles. The Labute approximate surface area is 145 Å².